The van der Waals surface area contributed by atoms with Crippen molar-refractivity contribution in [2.75, 3.05) is 48.8 Å². The van der Waals surface area contributed by atoms with Gasteiger partial charge in [-0.25, -0.2) is 0 Å². The number of aromatic nitrogens is 2. The van der Waals surface area contributed by atoms with Crippen LogP contribution in [-0.4, -0.2) is 52.8 Å². The summed E-state index contributed by atoms with van der Waals surface area (Å²) >= 11 is 3.40. The molecule has 6 nitrogen and oxygen atoms in total. The van der Waals surface area contributed by atoms with Gasteiger partial charge in [-0.1, -0.05) is 23.5 Å². The van der Waals surface area contributed by atoms with Crippen LogP contribution in [0.1, 0.15) is 12.0 Å². The molecular weight excluding hydrogens is 342 g/mol. The lowest BCUT2D eigenvalue weighted by atomic mass is 10.2. The first-order valence-corrected chi connectivity index (χ1v) is 10.1. The molecule has 0 amide bonds. The highest BCUT2D eigenvalue weighted by Crippen LogP contribution is 2.18. The number of nitrogens with one attached hydrogen (secondary N) is 1. The third-order valence-electron chi connectivity index (χ3n) is 3.72. The Kier molecular flexibility index (Phi) is 6.57. The van der Waals surface area contributed by atoms with E-state index in [1.165, 1.54) is 41.5 Å². The Labute approximate surface area is 150 Å². The summed E-state index contributed by atoms with van der Waals surface area (Å²) in [4.78, 5) is 2.51. The fourth-order valence-corrected chi connectivity index (χ4v) is 4.03. The minimum absolute atomic E-state index is 0.484. The van der Waals surface area contributed by atoms with E-state index in [0.29, 0.717) is 11.7 Å². The molecule has 1 saturated heterocycles. The molecular formula is C16H23N5OS2. The molecule has 8 heteroatoms. The zero-order chi connectivity index (χ0) is 16.6. The van der Waals surface area contributed by atoms with Gasteiger partial charge in [-0.15, -0.1) is 10.2 Å². The van der Waals surface area contributed by atoms with Gasteiger partial charge in [0.05, 0.1) is 6.61 Å². The van der Waals surface area contributed by atoms with Crippen LogP contribution in [0.2, 0.25) is 0 Å². The zero-order valence-corrected chi connectivity index (χ0v) is 15.2. The van der Waals surface area contributed by atoms with Crippen molar-refractivity contribution < 1.29 is 4.74 Å². The van der Waals surface area contributed by atoms with Gasteiger partial charge in [0.2, 0.25) is 10.3 Å². The van der Waals surface area contributed by atoms with Crippen molar-refractivity contribution in [3.63, 3.8) is 0 Å². The van der Waals surface area contributed by atoms with Crippen LogP contribution in [0.5, 0.6) is 5.75 Å². The number of benzene rings is 1. The summed E-state index contributed by atoms with van der Waals surface area (Å²) < 4.78 is 5.86. The van der Waals surface area contributed by atoms with E-state index >= 15 is 0 Å². The average Bonchev–Trinajstić information content (AvgIpc) is 3.01. The lowest BCUT2D eigenvalue weighted by molar-refractivity contribution is 0.291. The number of hydrogen-bond donors (Lipinski definition) is 2. The quantitative estimate of drug-likeness (QED) is 0.696. The fraction of sp³-hybridized carbons (Fsp3) is 0.500. The van der Waals surface area contributed by atoms with Crippen molar-refractivity contribution in [3.8, 4) is 5.75 Å². The van der Waals surface area contributed by atoms with Gasteiger partial charge in [0, 0.05) is 37.7 Å². The second-order valence-corrected chi connectivity index (χ2v) is 7.84. The fourth-order valence-electron chi connectivity index (χ4n) is 2.51. The standard InChI is InChI=1S/C16H23N5OS2/c17-15-19-20-16(24-15)18-5-2-8-22-14-4-1-3-13(11-14)12-21-6-9-23-10-7-21/h1,3-4,11H,2,5-10,12H2,(H2,17,19)(H,18,20). The molecule has 0 bridgehead atoms. The summed E-state index contributed by atoms with van der Waals surface area (Å²) in [6.07, 6.45) is 0.896. The molecule has 0 atom stereocenters. The molecule has 2 heterocycles. The minimum atomic E-state index is 0.484. The summed E-state index contributed by atoms with van der Waals surface area (Å²) in [5.41, 5.74) is 6.86. The Morgan fingerprint density at radius 3 is 2.92 bits per heavy atom. The van der Waals surface area contributed by atoms with Crippen molar-refractivity contribution in [3.05, 3.63) is 29.8 Å². The van der Waals surface area contributed by atoms with E-state index in [4.69, 9.17) is 10.5 Å². The number of hydrogen-bond acceptors (Lipinski definition) is 8. The second-order valence-electron chi connectivity index (χ2n) is 5.61. The van der Waals surface area contributed by atoms with E-state index in [-0.39, 0.29) is 0 Å². The third kappa shape index (κ3) is 5.54. The molecule has 1 aromatic carbocycles. The number of thioether (sulfide) groups is 1. The van der Waals surface area contributed by atoms with Crippen molar-refractivity contribution in [2.45, 2.75) is 13.0 Å². The molecule has 3 rings (SSSR count). The summed E-state index contributed by atoms with van der Waals surface area (Å²) in [5.74, 6) is 3.42. The smallest absolute Gasteiger partial charge is 0.207 e. The molecule has 1 aliphatic rings. The van der Waals surface area contributed by atoms with Crippen LogP contribution in [0, 0.1) is 0 Å². The summed E-state index contributed by atoms with van der Waals surface area (Å²) in [5, 5.41) is 12.1. The van der Waals surface area contributed by atoms with E-state index in [1.54, 1.807) is 0 Å². The maximum atomic E-state index is 5.86. The van der Waals surface area contributed by atoms with Crippen molar-refractivity contribution in [2.24, 2.45) is 0 Å². The number of rotatable bonds is 8. The molecule has 0 aliphatic carbocycles. The lowest BCUT2D eigenvalue weighted by Gasteiger charge is -2.26. The molecule has 0 saturated carbocycles. The highest BCUT2D eigenvalue weighted by Gasteiger charge is 2.10. The van der Waals surface area contributed by atoms with Crippen LogP contribution >= 0.6 is 23.1 Å². The number of nitrogen functional groups attached to an aromatic ring is 1. The maximum absolute atomic E-state index is 5.86. The van der Waals surface area contributed by atoms with Gasteiger partial charge in [0.15, 0.2) is 0 Å². The van der Waals surface area contributed by atoms with Gasteiger partial charge in [0.1, 0.15) is 5.75 Å². The highest BCUT2D eigenvalue weighted by molar-refractivity contribution is 7.99. The first-order chi connectivity index (χ1) is 11.8. The normalized spacial score (nSPS) is 15.3. The van der Waals surface area contributed by atoms with Crippen LogP contribution in [0.15, 0.2) is 24.3 Å². The van der Waals surface area contributed by atoms with Crippen molar-refractivity contribution in [1.82, 2.24) is 15.1 Å². The molecule has 1 aromatic heterocycles. The predicted octanol–water partition coefficient (Wildman–Crippen LogP) is 2.55. The molecule has 0 spiro atoms. The molecule has 0 radical (unpaired) electrons. The second kappa shape index (κ2) is 9.10. The predicted molar refractivity (Wildman–Crippen MR) is 102 cm³/mol. The van der Waals surface area contributed by atoms with E-state index in [1.807, 2.05) is 17.8 Å². The summed E-state index contributed by atoms with van der Waals surface area (Å²) in [7, 11) is 0. The molecule has 24 heavy (non-hydrogen) atoms. The third-order valence-corrected chi connectivity index (χ3v) is 5.37. The molecule has 3 N–H and O–H groups in total. The SMILES string of the molecule is Nc1nnc(NCCCOc2cccc(CN3CCSCC3)c2)s1. The van der Waals surface area contributed by atoms with Crippen LogP contribution in [0.25, 0.3) is 0 Å². The highest BCUT2D eigenvalue weighted by atomic mass is 32.2. The van der Waals surface area contributed by atoms with Gasteiger partial charge in [-0.3, -0.25) is 4.90 Å². The van der Waals surface area contributed by atoms with E-state index in [2.05, 4.69) is 38.6 Å². The van der Waals surface area contributed by atoms with E-state index < -0.39 is 0 Å². The summed E-state index contributed by atoms with van der Waals surface area (Å²) in [6, 6.07) is 8.43. The van der Waals surface area contributed by atoms with Gasteiger partial charge in [-0.2, -0.15) is 11.8 Å². The van der Waals surface area contributed by atoms with Gasteiger partial charge < -0.3 is 15.8 Å². The largest absolute Gasteiger partial charge is 0.494 e. The Hall–Kier alpha value is -1.51. The first-order valence-electron chi connectivity index (χ1n) is 8.14. The number of anilines is 2. The van der Waals surface area contributed by atoms with E-state index in [0.717, 1.165) is 30.4 Å². The monoisotopic (exact) mass is 365 g/mol. The summed E-state index contributed by atoms with van der Waals surface area (Å²) in [6.45, 7) is 4.83. The van der Waals surface area contributed by atoms with Gasteiger partial charge >= 0.3 is 0 Å². The topological polar surface area (TPSA) is 76.3 Å². The average molecular weight is 366 g/mol. The van der Waals surface area contributed by atoms with Crippen LogP contribution < -0.4 is 15.8 Å². The first kappa shape index (κ1) is 17.3. The maximum Gasteiger partial charge on any atom is 0.207 e. The Bertz CT molecular complexity index is 630. The molecule has 1 aliphatic heterocycles. The minimum Gasteiger partial charge on any atom is -0.494 e. The number of ether oxygens (including phenoxy) is 1. The molecule has 1 fully saturated rings. The number of nitrogens with two attached hydrogens (primary N) is 1. The van der Waals surface area contributed by atoms with Gasteiger partial charge in [0.25, 0.3) is 0 Å². The zero-order valence-electron chi connectivity index (χ0n) is 13.6. The van der Waals surface area contributed by atoms with Crippen molar-refractivity contribution >= 4 is 33.4 Å². The van der Waals surface area contributed by atoms with Gasteiger partial charge in [-0.05, 0) is 24.1 Å². The Morgan fingerprint density at radius 2 is 2.12 bits per heavy atom. The molecule has 0 unspecified atom stereocenters. The van der Waals surface area contributed by atoms with E-state index in [9.17, 15) is 0 Å². The Balaban J connectivity index is 1.38. The lowest BCUT2D eigenvalue weighted by Crippen LogP contribution is -2.31. The molecule has 2 aromatic rings. The van der Waals surface area contributed by atoms with Crippen LogP contribution in [0.4, 0.5) is 10.3 Å². The van der Waals surface area contributed by atoms with Crippen LogP contribution in [-0.2, 0) is 6.54 Å². The Morgan fingerprint density at radius 1 is 1.25 bits per heavy atom. The molecule has 130 valence electrons. The van der Waals surface area contributed by atoms with Crippen LogP contribution in [0.3, 0.4) is 0 Å². The number of nitrogens with zero attached hydrogens (tertiary/aromatic N) is 3. The van der Waals surface area contributed by atoms with Crippen molar-refractivity contribution in [1.29, 1.82) is 0 Å².